The third-order valence-corrected chi connectivity index (χ3v) is 5.07. The summed E-state index contributed by atoms with van der Waals surface area (Å²) in [5.74, 6) is 0.539. The van der Waals surface area contributed by atoms with Crippen LogP contribution in [0.25, 0.3) is 0 Å². The standard InChI is InChI=1S/C19H28N4O3S/c1-5-23(6-2)15(16-8-7-9-26-16)11-20-17(24)10-14-12-27-19(21-14)22-18(25)13(3)4/h7-9,12-13,15H,5-6,10-11H2,1-4H3,(H,20,24)(H,21,22,25). The Balaban J connectivity index is 1.91. The van der Waals surface area contributed by atoms with Crippen molar-refractivity contribution in [1.82, 2.24) is 15.2 Å². The molecule has 0 fully saturated rings. The molecule has 2 heterocycles. The summed E-state index contributed by atoms with van der Waals surface area (Å²) in [6.07, 6.45) is 1.83. The number of hydrogen-bond acceptors (Lipinski definition) is 6. The zero-order valence-electron chi connectivity index (χ0n) is 16.3. The summed E-state index contributed by atoms with van der Waals surface area (Å²) in [4.78, 5) is 30.6. The number of amides is 2. The molecule has 2 aromatic rings. The van der Waals surface area contributed by atoms with E-state index < -0.39 is 0 Å². The van der Waals surface area contributed by atoms with Crippen molar-refractivity contribution in [3.63, 3.8) is 0 Å². The lowest BCUT2D eigenvalue weighted by molar-refractivity contribution is -0.121. The number of carbonyl (C=O) groups is 2. The highest BCUT2D eigenvalue weighted by molar-refractivity contribution is 7.13. The molecule has 0 spiro atoms. The molecule has 2 N–H and O–H groups in total. The molecule has 0 aliphatic rings. The molecule has 0 bridgehead atoms. The molecule has 0 saturated heterocycles. The molecule has 0 aliphatic heterocycles. The monoisotopic (exact) mass is 392 g/mol. The van der Waals surface area contributed by atoms with Gasteiger partial charge in [-0.3, -0.25) is 14.5 Å². The van der Waals surface area contributed by atoms with Crippen LogP contribution in [0.3, 0.4) is 0 Å². The highest BCUT2D eigenvalue weighted by atomic mass is 32.1. The number of nitrogens with one attached hydrogen (secondary N) is 2. The van der Waals surface area contributed by atoms with E-state index in [9.17, 15) is 9.59 Å². The van der Waals surface area contributed by atoms with Crippen LogP contribution in [-0.2, 0) is 16.0 Å². The van der Waals surface area contributed by atoms with Crippen LogP contribution in [0.4, 0.5) is 5.13 Å². The van der Waals surface area contributed by atoms with Crippen molar-refractivity contribution in [1.29, 1.82) is 0 Å². The van der Waals surface area contributed by atoms with Gasteiger partial charge in [-0.25, -0.2) is 4.98 Å². The molecular weight excluding hydrogens is 364 g/mol. The van der Waals surface area contributed by atoms with Crippen molar-refractivity contribution in [3.05, 3.63) is 35.2 Å². The summed E-state index contributed by atoms with van der Waals surface area (Å²) in [6, 6.07) is 3.78. The molecule has 0 aliphatic carbocycles. The van der Waals surface area contributed by atoms with Gasteiger partial charge >= 0.3 is 0 Å². The highest BCUT2D eigenvalue weighted by Crippen LogP contribution is 2.20. The minimum Gasteiger partial charge on any atom is -0.468 e. The summed E-state index contributed by atoms with van der Waals surface area (Å²) in [5.41, 5.74) is 0.647. The van der Waals surface area contributed by atoms with E-state index in [2.05, 4.69) is 34.4 Å². The van der Waals surface area contributed by atoms with E-state index >= 15 is 0 Å². The number of carbonyl (C=O) groups excluding carboxylic acids is 2. The van der Waals surface area contributed by atoms with Gasteiger partial charge in [0.2, 0.25) is 11.8 Å². The number of hydrogen-bond donors (Lipinski definition) is 2. The second-order valence-corrected chi connectivity index (χ2v) is 7.38. The SMILES string of the molecule is CCN(CC)C(CNC(=O)Cc1csc(NC(=O)C(C)C)n1)c1ccco1. The van der Waals surface area contributed by atoms with E-state index in [1.165, 1.54) is 11.3 Å². The third kappa shape index (κ3) is 6.18. The molecule has 8 heteroatoms. The van der Waals surface area contributed by atoms with Gasteiger partial charge in [0.15, 0.2) is 5.13 Å². The number of nitrogens with zero attached hydrogens (tertiary/aromatic N) is 2. The fraction of sp³-hybridized carbons (Fsp3) is 0.526. The lowest BCUT2D eigenvalue weighted by Gasteiger charge is -2.28. The summed E-state index contributed by atoms with van der Waals surface area (Å²) >= 11 is 1.33. The number of thiazole rings is 1. The fourth-order valence-corrected chi connectivity index (χ4v) is 3.40. The lowest BCUT2D eigenvalue weighted by atomic mass is 10.1. The van der Waals surface area contributed by atoms with Crippen LogP contribution in [0.15, 0.2) is 28.2 Å². The number of likely N-dealkylation sites (N-methyl/N-ethyl adjacent to an activating group) is 1. The Labute approximate surface area is 164 Å². The second-order valence-electron chi connectivity index (χ2n) is 6.52. The normalized spacial score (nSPS) is 12.4. The van der Waals surface area contributed by atoms with Crippen molar-refractivity contribution in [2.24, 2.45) is 5.92 Å². The number of anilines is 1. The van der Waals surface area contributed by atoms with Gasteiger partial charge in [0, 0.05) is 17.8 Å². The van der Waals surface area contributed by atoms with Crippen LogP contribution in [0, 0.1) is 5.92 Å². The van der Waals surface area contributed by atoms with Gasteiger partial charge in [0.05, 0.1) is 24.4 Å². The van der Waals surface area contributed by atoms with Crippen LogP contribution in [0.5, 0.6) is 0 Å². The topological polar surface area (TPSA) is 87.5 Å². The van der Waals surface area contributed by atoms with E-state index in [-0.39, 0.29) is 30.2 Å². The van der Waals surface area contributed by atoms with Crippen LogP contribution >= 0.6 is 11.3 Å². The van der Waals surface area contributed by atoms with E-state index in [1.807, 2.05) is 26.0 Å². The minimum absolute atomic E-state index is 0.00438. The molecule has 0 aromatic carbocycles. The van der Waals surface area contributed by atoms with Gasteiger partial charge in [-0.1, -0.05) is 27.7 Å². The van der Waals surface area contributed by atoms with E-state index in [1.54, 1.807) is 11.6 Å². The van der Waals surface area contributed by atoms with Crippen LogP contribution in [0.1, 0.15) is 45.2 Å². The van der Waals surface area contributed by atoms with Crippen LogP contribution in [-0.4, -0.2) is 41.3 Å². The molecule has 7 nitrogen and oxygen atoms in total. The van der Waals surface area contributed by atoms with Gasteiger partial charge in [-0.15, -0.1) is 11.3 Å². The molecule has 0 radical (unpaired) electrons. The van der Waals surface area contributed by atoms with Crippen LogP contribution in [0.2, 0.25) is 0 Å². The van der Waals surface area contributed by atoms with E-state index in [4.69, 9.17) is 4.42 Å². The maximum Gasteiger partial charge on any atom is 0.228 e. The smallest absolute Gasteiger partial charge is 0.228 e. The Kier molecular flexibility index (Phi) is 7.99. The zero-order chi connectivity index (χ0) is 19.8. The Hall–Kier alpha value is -2.19. The summed E-state index contributed by atoms with van der Waals surface area (Å²) in [5, 5.41) is 8.04. The summed E-state index contributed by atoms with van der Waals surface area (Å²) in [7, 11) is 0. The molecule has 2 amide bonds. The van der Waals surface area contributed by atoms with Gasteiger partial charge in [-0.2, -0.15) is 0 Å². The largest absolute Gasteiger partial charge is 0.468 e. The molecule has 1 unspecified atom stereocenters. The van der Waals surface area contributed by atoms with Gasteiger partial charge in [0.1, 0.15) is 5.76 Å². The van der Waals surface area contributed by atoms with Crippen molar-refractivity contribution in [3.8, 4) is 0 Å². The quantitative estimate of drug-likeness (QED) is 0.649. The maximum absolute atomic E-state index is 12.3. The molecule has 2 aromatic heterocycles. The molecule has 1 atom stereocenters. The first-order valence-corrected chi connectivity index (χ1v) is 10.1. The van der Waals surface area contributed by atoms with Crippen molar-refractivity contribution in [2.75, 3.05) is 25.0 Å². The molecule has 2 rings (SSSR count). The predicted octanol–water partition coefficient (Wildman–Crippen LogP) is 3.07. The molecular formula is C19H28N4O3S. The number of rotatable bonds is 10. The second kappa shape index (κ2) is 10.2. The van der Waals surface area contributed by atoms with Crippen molar-refractivity contribution < 1.29 is 14.0 Å². The third-order valence-electron chi connectivity index (χ3n) is 4.27. The Morgan fingerprint density at radius 1 is 1.30 bits per heavy atom. The Morgan fingerprint density at radius 2 is 2.04 bits per heavy atom. The first-order valence-electron chi connectivity index (χ1n) is 9.23. The van der Waals surface area contributed by atoms with E-state index in [0.717, 1.165) is 18.8 Å². The van der Waals surface area contributed by atoms with E-state index in [0.29, 0.717) is 17.4 Å². The average Bonchev–Trinajstić information content (AvgIpc) is 3.30. The number of furan rings is 1. The Bertz CT molecular complexity index is 723. The molecule has 148 valence electrons. The summed E-state index contributed by atoms with van der Waals surface area (Å²) < 4.78 is 5.55. The molecule has 27 heavy (non-hydrogen) atoms. The highest BCUT2D eigenvalue weighted by Gasteiger charge is 2.21. The van der Waals surface area contributed by atoms with Gasteiger partial charge in [-0.05, 0) is 25.2 Å². The van der Waals surface area contributed by atoms with Gasteiger partial charge in [0.25, 0.3) is 0 Å². The van der Waals surface area contributed by atoms with Crippen LogP contribution < -0.4 is 10.6 Å². The summed E-state index contributed by atoms with van der Waals surface area (Å²) in [6.45, 7) is 10.0. The maximum atomic E-state index is 12.3. The average molecular weight is 393 g/mol. The first kappa shape index (κ1) is 21.1. The zero-order valence-corrected chi connectivity index (χ0v) is 17.1. The predicted molar refractivity (Wildman–Crippen MR) is 107 cm³/mol. The lowest BCUT2D eigenvalue weighted by Crippen LogP contribution is -2.38. The van der Waals surface area contributed by atoms with Gasteiger partial charge < -0.3 is 15.1 Å². The Morgan fingerprint density at radius 3 is 2.63 bits per heavy atom. The molecule has 0 saturated carbocycles. The first-order chi connectivity index (χ1) is 12.9. The number of aromatic nitrogens is 1. The van der Waals surface area contributed by atoms with Crippen molar-refractivity contribution >= 4 is 28.3 Å². The fourth-order valence-electron chi connectivity index (χ4n) is 2.69. The minimum atomic E-state index is -0.112. The van der Waals surface area contributed by atoms with Crippen molar-refractivity contribution in [2.45, 2.75) is 40.2 Å².